The Labute approximate surface area is 104 Å². The van der Waals surface area contributed by atoms with Gasteiger partial charge < -0.3 is 9.52 Å². The summed E-state index contributed by atoms with van der Waals surface area (Å²) in [5.41, 5.74) is 1.47. The minimum atomic E-state index is -1.13. The van der Waals surface area contributed by atoms with Gasteiger partial charge in [-0.2, -0.15) is 0 Å². The van der Waals surface area contributed by atoms with E-state index in [0.29, 0.717) is 28.5 Å². The maximum absolute atomic E-state index is 11.9. The summed E-state index contributed by atoms with van der Waals surface area (Å²) in [6.45, 7) is 5.56. The topological polar surface area (TPSA) is 67.5 Å². The molecule has 2 rings (SSSR count). The van der Waals surface area contributed by atoms with Crippen molar-refractivity contribution in [1.29, 1.82) is 0 Å². The molecular weight excluding hydrogens is 232 g/mol. The zero-order valence-electron chi connectivity index (χ0n) is 9.90. The number of hydrogen-bond acceptors (Lipinski definition) is 3. The molecule has 0 saturated heterocycles. The molecule has 1 aromatic heterocycles. The molecular formula is C14H12O4. The molecule has 1 N–H and O–H groups in total. The highest BCUT2D eigenvalue weighted by Gasteiger charge is 2.13. The molecule has 0 amide bonds. The monoisotopic (exact) mass is 244 g/mol. The number of carbonyl (C=O) groups is 2. The second kappa shape index (κ2) is 4.49. The molecule has 0 radical (unpaired) electrons. The standard InChI is InChI=1S/C14H12O4/c1-3-8(2)13(15)9-4-5-11-10(6-9)7-12(18-11)14(16)17/h4-7H,2-3H2,1H3,(H,16,17). The fourth-order valence-corrected chi connectivity index (χ4v) is 1.65. The summed E-state index contributed by atoms with van der Waals surface area (Å²) in [7, 11) is 0. The van der Waals surface area contributed by atoms with Crippen LogP contribution >= 0.6 is 0 Å². The summed E-state index contributed by atoms with van der Waals surface area (Å²) in [6.07, 6.45) is 0.586. The van der Waals surface area contributed by atoms with Crippen molar-refractivity contribution in [2.75, 3.05) is 0 Å². The van der Waals surface area contributed by atoms with Gasteiger partial charge in [0, 0.05) is 10.9 Å². The van der Waals surface area contributed by atoms with Gasteiger partial charge in [0.05, 0.1) is 0 Å². The number of benzene rings is 1. The van der Waals surface area contributed by atoms with E-state index in [-0.39, 0.29) is 11.5 Å². The molecule has 1 aromatic carbocycles. The smallest absolute Gasteiger partial charge is 0.371 e. The van der Waals surface area contributed by atoms with Crippen molar-refractivity contribution in [3.8, 4) is 0 Å². The molecule has 4 nitrogen and oxygen atoms in total. The van der Waals surface area contributed by atoms with Crippen molar-refractivity contribution < 1.29 is 19.1 Å². The van der Waals surface area contributed by atoms with Gasteiger partial charge in [0.2, 0.25) is 5.76 Å². The van der Waals surface area contributed by atoms with Crippen LogP contribution in [0.1, 0.15) is 34.3 Å². The molecule has 0 aliphatic rings. The van der Waals surface area contributed by atoms with E-state index in [9.17, 15) is 9.59 Å². The van der Waals surface area contributed by atoms with Crippen molar-refractivity contribution in [2.24, 2.45) is 0 Å². The minimum absolute atomic E-state index is 0.127. The molecule has 4 heteroatoms. The molecule has 2 aromatic rings. The lowest BCUT2D eigenvalue weighted by Crippen LogP contribution is -2.00. The first-order valence-corrected chi connectivity index (χ1v) is 5.52. The first kappa shape index (κ1) is 12.1. The van der Waals surface area contributed by atoms with Crippen LogP contribution in [0.5, 0.6) is 0 Å². The van der Waals surface area contributed by atoms with Gasteiger partial charge in [0.15, 0.2) is 5.78 Å². The van der Waals surface area contributed by atoms with Crippen LogP contribution in [-0.4, -0.2) is 16.9 Å². The number of carboxylic acid groups (broad SMARTS) is 1. The number of carboxylic acids is 1. The van der Waals surface area contributed by atoms with Crippen LogP contribution in [-0.2, 0) is 0 Å². The van der Waals surface area contributed by atoms with Crippen LogP contribution in [0, 0.1) is 0 Å². The third kappa shape index (κ3) is 2.05. The molecule has 0 aliphatic carbocycles. The summed E-state index contributed by atoms with van der Waals surface area (Å²) in [5, 5.41) is 9.42. The fraction of sp³-hybridized carbons (Fsp3) is 0.143. The number of furan rings is 1. The van der Waals surface area contributed by atoms with Crippen molar-refractivity contribution in [3.05, 3.63) is 47.7 Å². The molecule has 0 atom stereocenters. The summed E-state index contributed by atoms with van der Waals surface area (Å²) in [4.78, 5) is 22.7. The lowest BCUT2D eigenvalue weighted by molar-refractivity contribution is 0.0665. The van der Waals surface area contributed by atoms with Crippen molar-refractivity contribution >= 4 is 22.7 Å². The number of allylic oxidation sites excluding steroid dienone is 1. The molecule has 0 spiro atoms. The van der Waals surface area contributed by atoms with Gasteiger partial charge in [-0.15, -0.1) is 0 Å². The average Bonchev–Trinajstić information content (AvgIpc) is 2.79. The molecule has 18 heavy (non-hydrogen) atoms. The largest absolute Gasteiger partial charge is 0.475 e. The highest BCUT2D eigenvalue weighted by atomic mass is 16.4. The van der Waals surface area contributed by atoms with Crippen molar-refractivity contribution in [2.45, 2.75) is 13.3 Å². The van der Waals surface area contributed by atoms with Crippen LogP contribution in [0.3, 0.4) is 0 Å². The highest BCUT2D eigenvalue weighted by Crippen LogP contribution is 2.22. The van der Waals surface area contributed by atoms with Crippen molar-refractivity contribution in [3.63, 3.8) is 0 Å². The average molecular weight is 244 g/mol. The Morgan fingerprint density at radius 3 is 2.67 bits per heavy atom. The predicted molar refractivity (Wildman–Crippen MR) is 66.9 cm³/mol. The SMILES string of the molecule is C=C(CC)C(=O)c1ccc2oc(C(=O)O)cc2c1. The summed E-state index contributed by atoms with van der Waals surface area (Å²) in [5.74, 6) is -1.39. The van der Waals surface area contributed by atoms with Gasteiger partial charge in [-0.3, -0.25) is 4.79 Å². The number of rotatable bonds is 4. The first-order valence-electron chi connectivity index (χ1n) is 5.52. The van der Waals surface area contributed by atoms with Crippen molar-refractivity contribution in [1.82, 2.24) is 0 Å². The Morgan fingerprint density at radius 1 is 1.33 bits per heavy atom. The van der Waals surface area contributed by atoms with Gasteiger partial charge in [0.1, 0.15) is 5.58 Å². The number of Topliss-reactive ketones (excluding diaryl/α,β-unsaturated/α-hetero) is 1. The van der Waals surface area contributed by atoms with Crippen LogP contribution < -0.4 is 0 Å². The van der Waals surface area contributed by atoms with E-state index in [4.69, 9.17) is 9.52 Å². The van der Waals surface area contributed by atoms with Gasteiger partial charge in [0.25, 0.3) is 0 Å². The van der Waals surface area contributed by atoms with Gasteiger partial charge >= 0.3 is 5.97 Å². The highest BCUT2D eigenvalue weighted by molar-refractivity contribution is 6.10. The quantitative estimate of drug-likeness (QED) is 0.662. The molecule has 0 saturated carbocycles. The molecule has 0 bridgehead atoms. The normalized spacial score (nSPS) is 10.5. The van der Waals surface area contributed by atoms with E-state index < -0.39 is 5.97 Å². The fourth-order valence-electron chi connectivity index (χ4n) is 1.65. The number of ketones is 1. The first-order chi connectivity index (χ1) is 8.52. The zero-order valence-corrected chi connectivity index (χ0v) is 9.90. The number of carbonyl (C=O) groups excluding carboxylic acids is 1. The van der Waals surface area contributed by atoms with Gasteiger partial charge in [-0.05, 0) is 36.3 Å². The van der Waals surface area contributed by atoms with E-state index in [1.807, 2.05) is 6.92 Å². The number of hydrogen-bond donors (Lipinski definition) is 1. The maximum atomic E-state index is 11.9. The summed E-state index contributed by atoms with van der Waals surface area (Å²) >= 11 is 0. The second-order valence-electron chi connectivity index (χ2n) is 3.95. The zero-order chi connectivity index (χ0) is 13.3. The molecule has 92 valence electrons. The Balaban J connectivity index is 2.47. The van der Waals surface area contributed by atoms with Crippen LogP contribution in [0.15, 0.2) is 40.8 Å². The van der Waals surface area contributed by atoms with Crippen LogP contribution in [0.4, 0.5) is 0 Å². The Kier molecular flexibility index (Phi) is 3.02. The molecule has 0 aliphatic heterocycles. The number of aromatic carboxylic acids is 1. The van der Waals surface area contributed by atoms with Crippen LogP contribution in [0.2, 0.25) is 0 Å². The molecule has 1 heterocycles. The molecule has 0 unspecified atom stereocenters. The van der Waals surface area contributed by atoms with E-state index >= 15 is 0 Å². The van der Waals surface area contributed by atoms with E-state index in [0.717, 1.165) is 0 Å². The van der Waals surface area contributed by atoms with E-state index in [2.05, 4.69) is 6.58 Å². The third-order valence-corrected chi connectivity index (χ3v) is 2.74. The van der Waals surface area contributed by atoms with Gasteiger partial charge in [-0.25, -0.2) is 4.79 Å². The number of fused-ring (bicyclic) bond motifs is 1. The predicted octanol–water partition coefficient (Wildman–Crippen LogP) is 3.28. The lowest BCUT2D eigenvalue weighted by Gasteiger charge is -2.01. The Bertz CT molecular complexity index is 649. The molecule has 0 fully saturated rings. The lowest BCUT2D eigenvalue weighted by atomic mass is 10.0. The van der Waals surface area contributed by atoms with Gasteiger partial charge in [-0.1, -0.05) is 13.5 Å². The van der Waals surface area contributed by atoms with E-state index in [1.165, 1.54) is 6.07 Å². The summed E-state index contributed by atoms with van der Waals surface area (Å²) < 4.78 is 5.12. The Hall–Kier alpha value is -2.36. The third-order valence-electron chi connectivity index (χ3n) is 2.74. The minimum Gasteiger partial charge on any atom is -0.475 e. The maximum Gasteiger partial charge on any atom is 0.371 e. The Morgan fingerprint density at radius 2 is 2.06 bits per heavy atom. The van der Waals surface area contributed by atoms with Crippen LogP contribution in [0.25, 0.3) is 11.0 Å². The second-order valence-corrected chi connectivity index (χ2v) is 3.95. The summed E-state index contributed by atoms with van der Waals surface area (Å²) in [6, 6.07) is 6.23. The van der Waals surface area contributed by atoms with E-state index in [1.54, 1.807) is 18.2 Å².